The van der Waals surface area contributed by atoms with Gasteiger partial charge in [0.05, 0.1) is 12.8 Å². The van der Waals surface area contributed by atoms with Crippen LogP contribution in [0.1, 0.15) is 0 Å². The first kappa shape index (κ1) is 12.7. The van der Waals surface area contributed by atoms with Gasteiger partial charge in [-0.2, -0.15) is 28.5 Å². The van der Waals surface area contributed by atoms with Crippen molar-refractivity contribution in [1.29, 1.82) is 0 Å². The molecule has 1 unspecified atom stereocenters. The zero-order valence-corrected chi connectivity index (χ0v) is 11.4. The van der Waals surface area contributed by atoms with Gasteiger partial charge in [-0.15, -0.1) is 0 Å². The van der Waals surface area contributed by atoms with Crippen LogP contribution in [0.15, 0.2) is 12.1 Å². The van der Waals surface area contributed by atoms with Crippen LogP contribution in [0.3, 0.4) is 0 Å². The summed E-state index contributed by atoms with van der Waals surface area (Å²) in [4.78, 5) is 4.30. The number of pyridine rings is 1. The quantitative estimate of drug-likeness (QED) is 0.872. The standard InChI is InChI=1S/C11H17N3OS2/c1-15-10-3-2-9(12)11(14-10)13-6-8-7-16-4-5-17-8/h2-3,8H,4-7,12H2,1H3,(H,13,14). The number of hydrogen-bond donors (Lipinski definition) is 2. The van der Waals surface area contributed by atoms with Crippen molar-refractivity contribution in [1.82, 2.24) is 4.98 Å². The van der Waals surface area contributed by atoms with Crippen molar-refractivity contribution in [2.45, 2.75) is 5.25 Å². The largest absolute Gasteiger partial charge is 0.481 e. The highest BCUT2D eigenvalue weighted by Gasteiger charge is 2.14. The Labute approximate surface area is 110 Å². The van der Waals surface area contributed by atoms with Crippen LogP contribution >= 0.6 is 23.5 Å². The van der Waals surface area contributed by atoms with Crippen LogP contribution in [0.25, 0.3) is 0 Å². The molecule has 1 aromatic rings. The van der Waals surface area contributed by atoms with E-state index < -0.39 is 0 Å². The maximum atomic E-state index is 5.87. The second kappa shape index (κ2) is 6.26. The summed E-state index contributed by atoms with van der Waals surface area (Å²) in [5, 5.41) is 3.95. The van der Waals surface area contributed by atoms with E-state index >= 15 is 0 Å². The zero-order chi connectivity index (χ0) is 12.1. The molecule has 1 aliphatic rings. The number of nitrogens with two attached hydrogens (primary N) is 1. The summed E-state index contributed by atoms with van der Waals surface area (Å²) in [5.74, 6) is 5.01. The molecule has 2 rings (SSSR count). The Hall–Kier alpha value is -0.750. The summed E-state index contributed by atoms with van der Waals surface area (Å²) in [7, 11) is 1.61. The predicted molar refractivity (Wildman–Crippen MR) is 77.3 cm³/mol. The number of hydrogen-bond acceptors (Lipinski definition) is 6. The lowest BCUT2D eigenvalue weighted by atomic mass is 10.3. The molecule has 1 saturated heterocycles. The fourth-order valence-corrected chi connectivity index (χ4v) is 4.18. The average Bonchev–Trinajstić information content (AvgIpc) is 2.39. The van der Waals surface area contributed by atoms with Crippen molar-refractivity contribution < 1.29 is 4.74 Å². The molecule has 6 heteroatoms. The van der Waals surface area contributed by atoms with Gasteiger partial charge in [-0.1, -0.05) is 0 Å². The summed E-state index contributed by atoms with van der Waals surface area (Å²) in [6.45, 7) is 0.905. The predicted octanol–water partition coefficient (Wildman–Crippen LogP) is 1.93. The summed E-state index contributed by atoms with van der Waals surface area (Å²) in [5.41, 5.74) is 6.53. The molecule has 0 bridgehead atoms. The van der Waals surface area contributed by atoms with Crippen molar-refractivity contribution in [3.8, 4) is 5.88 Å². The fraction of sp³-hybridized carbons (Fsp3) is 0.545. The number of ether oxygens (including phenoxy) is 1. The van der Waals surface area contributed by atoms with E-state index in [4.69, 9.17) is 10.5 Å². The topological polar surface area (TPSA) is 60.2 Å². The van der Waals surface area contributed by atoms with Gasteiger partial charge in [-0.05, 0) is 6.07 Å². The van der Waals surface area contributed by atoms with Crippen LogP contribution in [0.2, 0.25) is 0 Å². The second-order valence-corrected chi connectivity index (χ2v) is 6.30. The summed E-state index contributed by atoms with van der Waals surface area (Å²) in [6.07, 6.45) is 0. The van der Waals surface area contributed by atoms with E-state index in [-0.39, 0.29) is 0 Å². The Morgan fingerprint density at radius 2 is 2.41 bits per heavy atom. The van der Waals surface area contributed by atoms with Gasteiger partial charge in [-0.25, -0.2) is 0 Å². The van der Waals surface area contributed by atoms with E-state index in [0.29, 0.717) is 16.8 Å². The lowest BCUT2D eigenvalue weighted by molar-refractivity contribution is 0.398. The van der Waals surface area contributed by atoms with Crippen LogP contribution in [-0.2, 0) is 0 Å². The number of anilines is 2. The summed E-state index contributed by atoms with van der Waals surface area (Å²) in [6, 6.07) is 3.59. The third-order valence-corrected chi connectivity index (χ3v) is 5.34. The molecule has 17 heavy (non-hydrogen) atoms. The van der Waals surface area contributed by atoms with Crippen LogP contribution < -0.4 is 15.8 Å². The molecule has 1 aliphatic heterocycles. The minimum absolute atomic E-state index is 0.590. The maximum Gasteiger partial charge on any atom is 0.215 e. The van der Waals surface area contributed by atoms with Crippen molar-refractivity contribution in [2.24, 2.45) is 0 Å². The highest BCUT2D eigenvalue weighted by atomic mass is 32.2. The highest BCUT2D eigenvalue weighted by molar-refractivity contribution is 8.06. The minimum Gasteiger partial charge on any atom is -0.481 e. The molecule has 0 spiro atoms. The lowest BCUT2D eigenvalue weighted by Crippen LogP contribution is -2.23. The first-order valence-corrected chi connectivity index (χ1v) is 7.73. The van der Waals surface area contributed by atoms with E-state index in [2.05, 4.69) is 10.3 Å². The van der Waals surface area contributed by atoms with E-state index in [0.717, 1.165) is 12.4 Å². The Kier molecular flexibility index (Phi) is 4.67. The third kappa shape index (κ3) is 3.61. The van der Waals surface area contributed by atoms with Crippen LogP contribution in [0.5, 0.6) is 5.88 Å². The van der Waals surface area contributed by atoms with Crippen LogP contribution in [-0.4, -0.2) is 41.1 Å². The highest BCUT2D eigenvalue weighted by Crippen LogP contribution is 2.25. The molecule has 2 heterocycles. The van der Waals surface area contributed by atoms with Gasteiger partial charge in [0.1, 0.15) is 0 Å². The van der Waals surface area contributed by atoms with Gasteiger partial charge in [0.15, 0.2) is 5.82 Å². The molecule has 0 radical (unpaired) electrons. The van der Waals surface area contributed by atoms with Gasteiger partial charge in [0.25, 0.3) is 0 Å². The van der Waals surface area contributed by atoms with Gasteiger partial charge >= 0.3 is 0 Å². The molecular formula is C11H17N3OS2. The Bertz CT molecular complexity index is 370. The molecule has 0 amide bonds. The number of nitrogens with zero attached hydrogens (tertiary/aromatic N) is 1. The zero-order valence-electron chi connectivity index (χ0n) is 9.81. The maximum absolute atomic E-state index is 5.87. The normalized spacial score (nSPS) is 19.9. The first-order valence-electron chi connectivity index (χ1n) is 5.53. The third-order valence-electron chi connectivity index (χ3n) is 2.49. The molecule has 94 valence electrons. The smallest absolute Gasteiger partial charge is 0.215 e. The number of aromatic nitrogens is 1. The lowest BCUT2D eigenvalue weighted by Gasteiger charge is -2.21. The molecule has 1 atom stereocenters. The number of rotatable bonds is 4. The molecule has 1 aromatic heterocycles. The van der Waals surface area contributed by atoms with E-state index in [9.17, 15) is 0 Å². The molecule has 0 aromatic carbocycles. The van der Waals surface area contributed by atoms with Crippen molar-refractivity contribution >= 4 is 35.0 Å². The summed E-state index contributed by atoms with van der Waals surface area (Å²) >= 11 is 4.03. The van der Waals surface area contributed by atoms with Crippen molar-refractivity contribution in [3.63, 3.8) is 0 Å². The molecule has 4 nitrogen and oxygen atoms in total. The number of methoxy groups -OCH3 is 1. The minimum atomic E-state index is 0.590. The Morgan fingerprint density at radius 3 is 3.12 bits per heavy atom. The number of thioether (sulfide) groups is 2. The van der Waals surface area contributed by atoms with E-state index in [1.54, 1.807) is 13.2 Å². The monoisotopic (exact) mass is 271 g/mol. The second-order valence-electron chi connectivity index (χ2n) is 3.74. The Morgan fingerprint density at radius 1 is 1.53 bits per heavy atom. The van der Waals surface area contributed by atoms with Crippen molar-refractivity contribution in [3.05, 3.63) is 12.1 Å². The molecule has 0 aliphatic carbocycles. The number of nitrogens with one attached hydrogen (secondary N) is 1. The van der Waals surface area contributed by atoms with Gasteiger partial charge in [0.2, 0.25) is 5.88 Å². The SMILES string of the molecule is COc1ccc(N)c(NCC2CSCCS2)n1. The molecule has 0 saturated carbocycles. The molecular weight excluding hydrogens is 254 g/mol. The van der Waals surface area contributed by atoms with Crippen LogP contribution in [0, 0.1) is 0 Å². The fourth-order valence-electron chi connectivity index (χ4n) is 1.57. The molecule has 3 N–H and O–H groups in total. The van der Waals surface area contributed by atoms with Gasteiger partial charge in [-0.3, -0.25) is 0 Å². The van der Waals surface area contributed by atoms with E-state index in [1.165, 1.54) is 17.3 Å². The van der Waals surface area contributed by atoms with Gasteiger partial charge in [0, 0.05) is 35.1 Å². The van der Waals surface area contributed by atoms with Crippen molar-refractivity contribution in [2.75, 3.05) is 42.0 Å². The Balaban J connectivity index is 1.92. The number of nitrogen functional groups attached to an aromatic ring is 1. The van der Waals surface area contributed by atoms with Crippen LogP contribution in [0.4, 0.5) is 11.5 Å². The van der Waals surface area contributed by atoms with Gasteiger partial charge < -0.3 is 15.8 Å². The van der Waals surface area contributed by atoms with E-state index in [1.807, 2.05) is 29.6 Å². The molecule has 1 fully saturated rings. The average molecular weight is 271 g/mol. The summed E-state index contributed by atoms with van der Waals surface area (Å²) < 4.78 is 5.09. The first-order chi connectivity index (χ1) is 8.29.